The van der Waals surface area contributed by atoms with Crippen molar-refractivity contribution in [3.05, 3.63) is 0 Å². The number of piperidine rings is 1. The molecule has 1 saturated carbocycles. The minimum Gasteiger partial charge on any atom is -0.341 e. The van der Waals surface area contributed by atoms with Crippen LogP contribution in [0.15, 0.2) is 0 Å². The molecular formula is C13H22N2O2. The predicted molar refractivity (Wildman–Crippen MR) is 65.8 cm³/mol. The lowest BCUT2D eigenvalue weighted by Crippen LogP contribution is -2.52. The lowest BCUT2D eigenvalue weighted by molar-refractivity contribution is -0.127. The first-order chi connectivity index (χ1) is 8.24. The molecule has 2 unspecified atom stereocenters. The van der Waals surface area contributed by atoms with Crippen LogP contribution in [0.3, 0.4) is 0 Å². The Kier molecular flexibility index (Phi) is 4.02. The highest BCUT2D eigenvalue weighted by atomic mass is 16.2. The maximum Gasteiger partial charge on any atom is 0.317 e. The first-order valence-electron chi connectivity index (χ1n) is 6.75. The average molecular weight is 238 g/mol. The van der Waals surface area contributed by atoms with E-state index in [1.54, 1.807) is 7.05 Å². The van der Waals surface area contributed by atoms with E-state index in [2.05, 4.69) is 5.32 Å². The summed E-state index contributed by atoms with van der Waals surface area (Å²) in [4.78, 5) is 25.7. The van der Waals surface area contributed by atoms with Gasteiger partial charge in [-0.1, -0.05) is 6.42 Å². The Morgan fingerprint density at radius 1 is 1.24 bits per heavy atom. The van der Waals surface area contributed by atoms with Crippen LogP contribution in [-0.4, -0.2) is 36.3 Å². The second-order valence-corrected chi connectivity index (χ2v) is 5.13. The zero-order valence-corrected chi connectivity index (χ0v) is 10.6. The summed E-state index contributed by atoms with van der Waals surface area (Å²) in [6.07, 6.45) is 7.03. The molecule has 96 valence electrons. The fourth-order valence-corrected chi connectivity index (χ4v) is 3.19. The second kappa shape index (κ2) is 5.52. The van der Waals surface area contributed by atoms with E-state index >= 15 is 0 Å². The van der Waals surface area contributed by atoms with Gasteiger partial charge in [-0.05, 0) is 32.1 Å². The molecule has 0 bridgehead atoms. The number of Topliss-reactive ketones (excluding diaryl/α,β-unsaturated/α-hetero) is 1. The van der Waals surface area contributed by atoms with Gasteiger partial charge in [-0.3, -0.25) is 4.79 Å². The molecule has 1 aliphatic carbocycles. The summed E-state index contributed by atoms with van der Waals surface area (Å²) >= 11 is 0. The number of urea groups is 1. The van der Waals surface area contributed by atoms with Crippen LogP contribution in [0.25, 0.3) is 0 Å². The number of nitrogens with zero attached hydrogens (tertiary/aromatic N) is 1. The van der Waals surface area contributed by atoms with Crippen molar-refractivity contribution in [3.63, 3.8) is 0 Å². The summed E-state index contributed by atoms with van der Waals surface area (Å²) < 4.78 is 0. The molecule has 0 spiro atoms. The van der Waals surface area contributed by atoms with Gasteiger partial charge in [0.2, 0.25) is 0 Å². The minimum absolute atomic E-state index is 0.0203. The van der Waals surface area contributed by atoms with E-state index in [0.29, 0.717) is 12.2 Å². The third kappa shape index (κ3) is 2.61. The first kappa shape index (κ1) is 12.4. The van der Waals surface area contributed by atoms with Gasteiger partial charge in [-0.25, -0.2) is 4.79 Å². The maximum absolute atomic E-state index is 12.0. The topological polar surface area (TPSA) is 49.4 Å². The zero-order chi connectivity index (χ0) is 12.3. The van der Waals surface area contributed by atoms with E-state index in [1.165, 1.54) is 0 Å². The summed E-state index contributed by atoms with van der Waals surface area (Å²) in [6.45, 7) is 0.800. The quantitative estimate of drug-likeness (QED) is 0.759. The van der Waals surface area contributed by atoms with Crippen molar-refractivity contribution in [1.29, 1.82) is 0 Å². The monoisotopic (exact) mass is 238 g/mol. The summed E-state index contributed by atoms with van der Waals surface area (Å²) in [5.41, 5.74) is 0. The largest absolute Gasteiger partial charge is 0.341 e. The van der Waals surface area contributed by atoms with Crippen LogP contribution in [0.2, 0.25) is 0 Å². The number of carbonyl (C=O) groups is 2. The number of hydrogen-bond donors (Lipinski definition) is 1. The lowest BCUT2D eigenvalue weighted by atomic mass is 9.79. The van der Waals surface area contributed by atoms with Crippen LogP contribution in [0.1, 0.15) is 44.9 Å². The summed E-state index contributed by atoms with van der Waals surface area (Å²) in [7, 11) is 1.66. The number of rotatable bonds is 1. The standard InChI is InChI=1S/C13H22N2O2/c1-14-13(17)15-9-5-4-7-11(15)10-6-2-3-8-12(10)16/h10-11H,2-9H2,1H3,(H,14,17). The predicted octanol–water partition coefficient (Wildman–Crippen LogP) is 1.94. The van der Waals surface area contributed by atoms with E-state index in [4.69, 9.17) is 0 Å². The SMILES string of the molecule is CNC(=O)N1CCCCC1C1CCCCC1=O. The van der Waals surface area contributed by atoms with Gasteiger partial charge >= 0.3 is 6.03 Å². The van der Waals surface area contributed by atoms with E-state index < -0.39 is 0 Å². The third-order valence-electron chi connectivity index (χ3n) is 4.09. The van der Waals surface area contributed by atoms with Gasteiger partial charge in [-0.15, -0.1) is 0 Å². The molecule has 1 N–H and O–H groups in total. The van der Waals surface area contributed by atoms with Gasteiger partial charge in [0.05, 0.1) is 0 Å². The molecule has 2 fully saturated rings. The Morgan fingerprint density at radius 3 is 2.71 bits per heavy atom. The molecule has 2 rings (SSSR count). The molecule has 0 aromatic carbocycles. The van der Waals surface area contributed by atoms with Crippen molar-refractivity contribution in [2.45, 2.75) is 51.0 Å². The Hall–Kier alpha value is -1.06. The normalized spacial score (nSPS) is 30.2. The molecule has 0 aromatic heterocycles. The molecule has 0 aromatic rings. The van der Waals surface area contributed by atoms with Gasteiger partial charge in [0, 0.05) is 32.0 Å². The van der Waals surface area contributed by atoms with Crippen LogP contribution in [-0.2, 0) is 4.79 Å². The Labute approximate surface area is 103 Å². The fraction of sp³-hybridized carbons (Fsp3) is 0.846. The molecule has 1 heterocycles. The molecule has 1 aliphatic heterocycles. The van der Waals surface area contributed by atoms with Crippen LogP contribution >= 0.6 is 0 Å². The van der Waals surface area contributed by atoms with Crippen LogP contribution in [0.5, 0.6) is 0 Å². The van der Waals surface area contributed by atoms with Gasteiger partial charge in [-0.2, -0.15) is 0 Å². The maximum atomic E-state index is 12.0. The second-order valence-electron chi connectivity index (χ2n) is 5.13. The van der Waals surface area contributed by atoms with E-state index in [1.807, 2.05) is 4.90 Å². The zero-order valence-electron chi connectivity index (χ0n) is 10.6. The van der Waals surface area contributed by atoms with E-state index in [-0.39, 0.29) is 18.0 Å². The molecule has 4 nitrogen and oxygen atoms in total. The highest BCUT2D eigenvalue weighted by Gasteiger charge is 2.37. The smallest absolute Gasteiger partial charge is 0.317 e. The summed E-state index contributed by atoms with van der Waals surface area (Å²) in [5, 5.41) is 2.69. The van der Waals surface area contributed by atoms with Crippen molar-refractivity contribution in [2.24, 2.45) is 5.92 Å². The van der Waals surface area contributed by atoms with Gasteiger partial charge in [0.1, 0.15) is 5.78 Å². The Balaban J connectivity index is 2.09. The van der Waals surface area contributed by atoms with E-state index in [0.717, 1.165) is 45.1 Å². The molecule has 2 amide bonds. The minimum atomic E-state index is -0.0203. The number of nitrogens with one attached hydrogen (secondary N) is 1. The highest BCUT2D eigenvalue weighted by Crippen LogP contribution is 2.31. The van der Waals surface area contributed by atoms with Gasteiger partial charge < -0.3 is 10.2 Å². The Morgan fingerprint density at radius 2 is 2.00 bits per heavy atom. The highest BCUT2D eigenvalue weighted by molar-refractivity contribution is 5.83. The molecule has 2 atom stereocenters. The average Bonchev–Trinajstić information content (AvgIpc) is 2.38. The fourth-order valence-electron chi connectivity index (χ4n) is 3.19. The van der Waals surface area contributed by atoms with Crippen LogP contribution < -0.4 is 5.32 Å². The first-order valence-corrected chi connectivity index (χ1v) is 6.75. The van der Waals surface area contributed by atoms with Gasteiger partial charge in [0.25, 0.3) is 0 Å². The van der Waals surface area contributed by atoms with Crippen molar-refractivity contribution in [1.82, 2.24) is 10.2 Å². The molecule has 2 aliphatic rings. The van der Waals surface area contributed by atoms with Crippen LogP contribution in [0, 0.1) is 5.92 Å². The number of carbonyl (C=O) groups excluding carboxylic acids is 2. The Bertz CT molecular complexity index is 288. The number of ketones is 1. The molecule has 17 heavy (non-hydrogen) atoms. The number of hydrogen-bond acceptors (Lipinski definition) is 2. The van der Waals surface area contributed by atoms with Crippen molar-refractivity contribution >= 4 is 11.8 Å². The summed E-state index contributed by atoms with van der Waals surface area (Å²) in [5.74, 6) is 0.471. The molecule has 0 radical (unpaired) electrons. The number of amides is 2. The summed E-state index contributed by atoms with van der Waals surface area (Å²) in [6, 6.07) is 0.129. The van der Waals surface area contributed by atoms with Crippen molar-refractivity contribution in [2.75, 3.05) is 13.6 Å². The van der Waals surface area contributed by atoms with Crippen molar-refractivity contribution in [3.8, 4) is 0 Å². The van der Waals surface area contributed by atoms with Gasteiger partial charge in [0.15, 0.2) is 0 Å². The van der Waals surface area contributed by atoms with Crippen molar-refractivity contribution < 1.29 is 9.59 Å². The van der Waals surface area contributed by atoms with E-state index in [9.17, 15) is 9.59 Å². The van der Waals surface area contributed by atoms with Crippen LogP contribution in [0.4, 0.5) is 4.79 Å². The molecular weight excluding hydrogens is 216 g/mol. The molecule has 1 saturated heterocycles. The third-order valence-corrected chi connectivity index (χ3v) is 4.09. The number of likely N-dealkylation sites (tertiary alicyclic amines) is 1. The lowest BCUT2D eigenvalue weighted by Gasteiger charge is -2.40. The molecule has 4 heteroatoms.